The molecule has 0 unspecified atom stereocenters. The summed E-state index contributed by atoms with van der Waals surface area (Å²) >= 11 is 0. The van der Waals surface area contributed by atoms with Crippen LogP contribution in [0.3, 0.4) is 0 Å². The van der Waals surface area contributed by atoms with Gasteiger partial charge in [0.1, 0.15) is 5.58 Å². The van der Waals surface area contributed by atoms with Gasteiger partial charge in [0.15, 0.2) is 5.58 Å². The number of benzene rings is 10. The number of hydrogen-bond acceptors (Lipinski definition) is 2. The van der Waals surface area contributed by atoms with Crippen LogP contribution in [-0.2, 0) is 0 Å². The Kier molecular flexibility index (Phi) is 8.19. The fraction of sp³-hybridized carbons (Fsp3) is 0. The minimum Gasteiger partial charge on any atom is -0.454 e. The Balaban J connectivity index is 1.12. The van der Waals surface area contributed by atoms with Gasteiger partial charge in [0.2, 0.25) is 0 Å². The van der Waals surface area contributed by atoms with Crippen LogP contribution in [0.1, 0.15) is 0 Å². The molecule has 0 amide bonds. The Bertz CT molecular complexity index is 3260. The van der Waals surface area contributed by atoms with Gasteiger partial charge in [-0.2, -0.15) is 0 Å². The molecule has 0 atom stereocenters. The third kappa shape index (κ3) is 5.74. The smallest absolute Gasteiger partial charge is 0.159 e. The van der Waals surface area contributed by atoms with Crippen molar-refractivity contribution in [3.8, 4) is 44.5 Å². The SMILES string of the molecule is c1ccc(-c2ccc(N(c3cccc(-c4ccc5c(c4)c(-c4ccccc4)c(-c4ccccc4)c4ccccc45)c3)c3cccc4c3oc3ccccc34)cc2)cc1. The van der Waals surface area contributed by atoms with Crippen molar-refractivity contribution in [3.05, 3.63) is 224 Å². The van der Waals surface area contributed by atoms with Gasteiger partial charge in [-0.1, -0.05) is 182 Å². The van der Waals surface area contributed by atoms with Crippen LogP contribution in [0.2, 0.25) is 0 Å². The molecule has 11 aromatic rings. The van der Waals surface area contributed by atoms with E-state index in [0.717, 1.165) is 50.1 Å². The summed E-state index contributed by atoms with van der Waals surface area (Å²) in [5.41, 5.74) is 14.4. The molecule has 0 spiro atoms. The third-order valence-corrected chi connectivity index (χ3v) is 11.4. The van der Waals surface area contributed by atoms with Gasteiger partial charge in [0.25, 0.3) is 0 Å². The molecule has 0 radical (unpaired) electrons. The number of para-hydroxylation sites is 2. The van der Waals surface area contributed by atoms with Gasteiger partial charge < -0.3 is 9.32 Å². The van der Waals surface area contributed by atoms with Crippen LogP contribution in [0.25, 0.3) is 88.0 Å². The highest BCUT2D eigenvalue weighted by Crippen LogP contribution is 2.47. The molecule has 2 nitrogen and oxygen atoms in total. The van der Waals surface area contributed by atoms with Crippen molar-refractivity contribution in [1.29, 1.82) is 0 Å². The van der Waals surface area contributed by atoms with Gasteiger partial charge in [-0.15, -0.1) is 0 Å². The summed E-state index contributed by atoms with van der Waals surface area (Å²) in [6.07, 6.45) is 0. The summed E-state index contributed by atoms with van der Waals surface area (Å²) in [5, 5.41) is 7.18. The minimum absolute atomic E-state index is 0.861. The largest absolute Gasteiger partial charge is 0.454 e. The molecule has 58 heavy (non-hydrogen) atoms. The molecule has 0 fully saturated rings. The molecule has 11 rings (SSSR count). The summed E-state index contributed by atoms with van der Waals surface area (Å²) in [6.45, 7) is 0. The van der Waals surface area contributed by atoms with Crippen LogP contribution < -0.4 is 4.90 Å². The van der Waals surface area contributed by atoms with E-state index < -0.39 is 0 Å². The van der Waals surface area contributed by atoms with Crippen molar-refractivity contribution in [1.82, 2.24) is 0 Å². The monoisotopic (exact) mass is 739 g/mol. The number of rotatable bonds is 7. The molecule has 0 aliphatic heterocycles. The standard InChI is InChI=1S/C56H37NO/c1-4-16-38(17-5-1)39-30-33-44(34-31-39)57(52-28-15-27-50-48-25-12-13-29-53(48)58-56(50)52)45-23-14-22-42(36-45)43-32-35-47-46-24-10-11-26-49(46)54(40-18-6-2-7-19-40)55(51(47)37-43)41-20-8-3-9-21-41/h1-37H. The first-order valence-electron chi connectivity index (χ1n) is 19.8. The normalized spacial score (nSPS) is 11.4. The topological polar surface area (TPSA) is 16.4 Å². The first-order chi connectivity index (χ1) is 28.8. The highest BCUT2D eigenvalue weighted by Gasteiger charge is 2.21. The predicted octanol–water partition coefficient (Wildman–Crippen LogP) is 16.0. The summed E-state index contributed by atoms with van der Waals surface area (Å²) in [6, 6.07) is 80.6. The lowest BCUT2D eigenvalue weighted by Crippen LogP contribution is -2.10. The van der Waals surface area contributed by atoms with E-state index in [4.69, 9.17) is 4.42 Å². The first kappa shape index (κ1) is 33.6. The van der Waals surface area contributed by atoms with Crippen LogP contribution in [0.4, 0.5) is 17.1 Å². The number of anilines is 3. The second-order valence-electron chi connectivity index (χ2n) is 14.8. The molecule has 0 saturated heterocycles. The Morgan fingerprint density at radius 1 is 0.276 bits per heavy atom. The van der Waals surface area contributed by atoms with E-state index >= 15 is 0 Å². The predicted molar refractivity (Wildman–Crippen MR) is 245 cm³/mol. The third-order valence-electron chi connectivity index (χ3n) is 11.4. The van der Waals surface area contributed by atoms with Gasteiger partial charge >= 0.3 is 0 Å². The van der Waals surface area contributed by atoms with Gasteiger partial charge in [-0.25, -0.2) is 0 Å². The molecule has 1 heterocycles. The lowest BCUT2D eigenvalue weighted by atomic mass is 9.84. The van der Waals surface area contributed by atoms with Gasteiger partial charge in [0.05, 0.1) is 5.69 Å². The van der Waals surface area contributed by atoms with E-state index in [-0.39, 0.29) is 0 Å². The Morgan fingerprint density at radius 2 is 0.776 bits per heavy atom. The zero-order chi connectivity index (χ0) is 38.4. The lowest BCUT2D eigenvalue weighted by Gasteiger charge is -2.26. The lowest BCUT2D eigenvalue weighted by molar-refractivity contribution is 0.669. The van der Waals surface area contributed by atoms with Crippen molar-refractivity contribution < 1.29 is 4.42 Å². The van der Waals surface area contributed by atoms with E-state index in [2.05, 4.69) is 223 Å². The van der Waals surface area contributed by atoms with Crippen LogP contribution in [-0.4, -0.2) is 0 Å². The highest BCUT2D eigenvalue weighted by molar-refractivity contribution is 6.22. The number of nitrogens with zero attached hydrogens (tertiary/aromatic N) is 1. The Labute approximate surface area is 337 Å². The first-order valence-corrected chi connectivity index (χ1v) is 19.8. The molecule has 10 aromatic carbocycles. The summed E-state index contributed by atoms with van der Waals surface area (Å²) < 4.78 is 6.66. The molecule has 1 aromatic heterocycles. The molecule has 0 aliphatic carbocycles. The Hall–Kier alpha value is -7.68. The van der Waals surface area contributed by atoms with E-state index in [1.165, 1.54) is 54.9 Å². The van der Waals surface area contributed by atoms with Crippen molar-refractivity contribution in [3.63, 3.8) is 0 Å². The van der Waals surface area contributed by atoms with Crippen LogP contribution in [0.5, 0.6) is 0 Å². The Morgan fingerprint density at radius 3 is 1.50 bits per heavy atom. The molecule has 0 saturated carbocycles. The fourth-order valence-electron chi connectivity index (χ4n) is 8.77. The quantitative estimate of drug-likeness (QED) is 0.151. The van der Waals surface area contributed by atoms with Gasteiger partial charge in [-0.05, 0) is 109 Å². The zero-order valence-corrected chi connectivity index (χ0v) is 31.7. The van der Waals surface area contributed by atoms with Crippen LogP contribution >= 0.6 is 0 Å². The minimum atomic E-state index is 0.861. The number of furan rings is 1. The number of fused-ring (bicyclic) bond motifs is 6. The van der Waals surface area contributed by atoms with Gasteiger partial charge in [0, 0.05) is 22.1 Å². The fourth-order valence-corrected chi connectivity index (χ4v) is 8.77. The van der Waals surface area contributed by atoms with Crippen molar-refractivity contribution in [2.24, 2.45) is 0 Å². The maximum absolute atomic E-state index is 6.66. The summed E-state index contributed by atoms with van der Waals surface area (Å²) in [5.74, 6) is 0. The van der Waals surface area contributed by atoms with Crippen molar-refractivity contribution >= 4 is 60.5 Å². The molecule has 0 N–H and O–H groups in total. The van der Waals surface area contributed by atoms with E-state index in [1.807, 2.05) is 6.07 Å². The summed E-state index contributed by atoms with van der Waals surface area (Å²) in [4.78, 5) is 2.33. The van der Waals surface area contributed by atoms with Gasteiger partial charge in [-0.3, -0.25) is 0 Å². The second kappa shape index (κ2) is 14.1. The zero-order valence-electron chi connectivity index (χ0n) is 31.7. The summed E-state index contributed by atoms with van der Waals surface area (Å²) in [7, 11) is 0. The number of hydrogen-bond donors (Lipinski definition) is 0. The van der Waals surface area contributed by atoms with E-state index in [9.17, 15) is 0 Å². The van der Waals surface area contributed by atoms with E-state index in [1.54, 1.807) is 0 Å². The molecule has 0 aliphatic rings. The van der Waals surface area contributed by atoms with Crippen LogP contribution in [0, 0.1) is 0 Å². The maximum atomic E-state index is 6.66. The van der Waals surface area contributed by atoms with Crippen molar-refractivity contribution in [2.45, 2.75) is 0 Å². The van der Waals surface area contributed by atoms with Crippen LogP contribution in [0.15, 0.2) is 229 Å². The average Bonchev–Trinajstić information content (AvgIpc) is 3.69. The second-order valence-corrected chi connectivity index (χ2v) is 14.8. The van der Waals surface area contributed by atoms with Crippen molar-refractivity contribution in [2.75, 3.05) is 4.90 Å². The molecule has 272 valence electrons. The maximum Gasteiger partial charge on any atom is 0.159 e. The van der Waals surface area contributed by atoms with E-state index in [0.29, 0.717) is 0 Å². The molecular formula is C56H37NO. The average molecular weight is 740 g/mol. The molecule has 2 heteroatoms. The molecule has 0 bridgehead atoms. The highest BCUT2D eigenvalue weighted by atomic mass is 16.3. The molecular weight excluding hydrogens is 703 g/mol.